The van der Waals surface area contributed by atoms with E-state index in [0.717, 1.165) is 3.57 Å². The van der Waals surface area contributed by atoms with E-state index in [1.165, 1.54) is 6.26 Å². The van der Waals surface area contributed by atoms with Crippen LogP contribution in [0.4, 0.5) is 0 Å². The van der Waals surface area contributed by atoms with Crippen molar-refractivity contribution in [3.05, 3.63) is 52.0 Å². The predicted molar refractivity (Wildman–Crippen MR) is 67.7 cm³/mol. The average Bonchev–Trinajstić information content (AvgIpc) is 2.81. The van der Waals surface area contributed by atoms with Gasteiger partial charge in [-0.25, -0.2) is 0 Å². The number of benzene rings is 1. The molecular weight excluding hydrogens is 319 g/mol. The molecule has 1 aromatic heterocycles. The third-order valence-corrected chi connectivity index (χ3v) is 2.70. The lowest BCUT2D eigenvalue weighted by atomic mass is 10.3. The van der Waals surface area contributed by atoms with Crippen LogP contribution in [0, 0.1) is 3.57 Å². The second kappa shape index (κ2) is 5.16. The molecule has 0 fully saturated rings. The number of carbonyl (C=O) groups excluding carboxylic acids is 1. The van der Waals surface area contributed by atoms with Gasteiger partial charge in [0.05, 0.1) is 6.26 Å². The van der Waals surface area contributed by atoms with Gasteiger partial charge in [0.25, 0.3) is 0 Å². The van der Waals surface area contributed by atoms with Gasteiger partial charge in [-0.2, -0.15) is 0 Å². The van der Waals surface area contributed by atoms with Gasteiger partial charge in [0, 0.05) is 3.57 Å². The Hall–Kier alpha value is -1.30. The summed E-state index contributed by atoms with van der Waals surface area (Å²) < 4.78 is 11.4. The summed E-state index contributed by atoms with van der Waals surface area (Å²) in [6.07, 6.45) is 1.47. The van der Waals surface area contributed by atoms with Gasteiger partial charge in [-0.3, -0.25) is 4.79 Å². The number of furan rings is 1. The zero-order valence-corrected chi connectivity index (χ0v) is 10.5. The van der Waals surface area contributed by atoms with Crippen LogP contribution in [-0.4, -0.2) is 12.4 Å². The molecule has 2 aromatic rings. The Morgan fingerprint density at radius 3 is 2.62 bits per heavy atom. The lowest BCUT2D eigenvalue weighted by Gasteiger charge is -2.03. The maximum Gasteiger partial charge on any atom is 0.235 e. The highest BCUT2D eigenvalue weighted by atomic mass is 127. The van der Waals surface area contributed by atoms with Crippen molar-refractivity contribution in [2.24, 2.45) is 0 Å². The van der Waals surface area contributed by atoms with Gasteiger partial charge in [0.2, 0.25) is 5.78 Å². The molecule has 2 rings (SSSR count). The van der Waals surface area contributed by atoms with Gasteiger partial charge in [0.15, 0.2) is 12.4 Å². The van der Waals surface area contributed by atoms with Crippen molar-refractivity contribution < 1.29 is 13.9 Å². The molecular formula is C12H9IO3. The maximum atomic E-state index is 11.5. The quantitative estimate of drug-likeness (QED) is 0.639. The van der Waals surface area contributed by atoms with Crippen LogP contribution in [0.5, 0.6) is 5.75 Å². The first-order chi connectivity index (χ1) is 7.75. The Morgan fingerprint density at radius 2 is 2.00 bits per heavy atom. The van der Waals surface area contributed by atoms with Crippen LogP contribution in [-0.2, 0) is 0 Å². The summed E-state index contributed by atoms with van der Waals surface area (Å²) in [6.45, 7) is -0.00585. The highest BCUT2D eigenvalue weighted by Crippen LogP contribution is 2.13. The molecule has 0 atom stereocenters. The molecule has 0 unspecified atom stereocenters. The van der Waals surface area contributed by atoms with Crippen LogP contribution in [0.1, 0.15) is 10.6 Å². The van der Waals surface area contributed by atoms with E-state index >= 15 is 0 Å². The Kier molecular flexibility index (Phi) is 3.61. The first kappa shape index (κ1) is 11.2. The highest BCUT2D eigenvalue weighted by molar-refractivity contribution is 14.1. The molecule has 0 aliphatic carbocycles. The second-order valence-corrected chi connectivity index (χ2v) is 4.39. The molecule has 0 saturated heterocycles. The number of hydrogen-bond donors (Lipinski definition) is 0. The van der Waals surface area contributed by atoms with Gasteiger partial charge in [-0.15, -0.1) is 0 Å². The molecule has 82 valence electrons. The lowest BCUT2D eigenvalue weighted by molar-refractivity contribution is 0.0894. The number of rotatable bonds is 4. The minimum Gasteiger partial charge on any atom is -0.485 e. The van der Waals surface area contributed by atoms with Crippen LogP contribution in [0.3, 0.4) is 0 Å². The van der Waals surface area contributed by atoms with Crippen LogP contribution >= 0.6 is 22.6 Å². The third kappa shape index (κ3) is 2.85. The van der Waals surface area contributed by atoms with Crippen LogP contribution in [0.15, 0.2) is 47.1 Å². The first-order valence-corrected chi connectivity index (χ1v) is 5.78. The first-order valence-electron chi connectivity index (χ1n) is 4.71. The van der Waals surface area contributed by atoms with Crippen LogP contribution in [0.2, 0.25) is 0 Å². The number of ether oxygens (including phenoxy) is 1. The standard InChI is InChI=1S/C12H9IO3/c13-9-3-5-10(6-4-9)16-8-11(14)12-2-1-7-15-12/h1-7H,8H2. The molecule has 0 spiro atoms. The summed E-state index contributed by atoms with van der Waals surface area (Å²) in [7, 11) is 0. The highest BCUT2D eigenvalue weighted by Gasteiger charge is 2.09. The van der Waals surface area contributed by atoms with E-state index in [-0.39, 0.29) is 12.4 Å². The number of halogens is 1. The van der Waals surface area contributed by atoms with E-state index in [1.54, 1.807) is 12.1 Å². The molecule has 0 N–H and O–H groups in total. The Balaban J connectivity index is 1.93. The van der Waals surface area contributed by atoms with Gasteiger partial charge < -0.3 is 9.15 Å². The topological polar surface area (TPSA) is 39.4 Å². The molecule has 0 aliphatic rings. The average molecular weight is 328 g/mol. The molecule has 0 amide bonds. The van der Waals surface area contributed by atoms with Gasteiger partial charge in [0.1, 0.15) is 5.75 Å². The Labute approximate surface area is 107 Å². The molecule has 0 radical (unpaired) electrons. The van der Waals surface area contributed by atoms with Crippen molar-refractivity contribution in [1.29, 1.82) is 0 Å². The van der Waals surface area contributed by atoms with Crippen molar-refractivity contribution >= 4 is 28.4 Å². The number of Topliss-reactive ketones (excluding diaryl/α,β-unsaturated/α-hetero) is 1. The summed E-state index contributed by atoms with van der Waals surface area (Å²) in [5.41, 5.74) is 0. The largest absolute Gasteiger partial charge is 0.485 e. The summed E-state index contributed by atoms with van der Waals surface area (Å²) in [6, 6.07) is 10.8. The summed E-state index contributed by atoms with van der Waals surface area (Å²) in [4.78, 5) is 11.5. The number of carbonyl (C=O) groups is 1. The zero-order valence-electron chi connectivity index (χ0n) is 8.35. The predicted octanol–water partition coefficient (Wildman–Crippen LogP) is 3.15. The smallest absolute Gasteiger partial charge is 0.235 e. The van der Waals surface area contributed by atoms with E-state index in [0.29, 0.717) is 11.5 Å². The van der Waals surface area contributed by atoms with E-state index in [2.05, 4.69) is 22.6 Å². The molecule has 0 aliphatic heterocycles. The van der Waals surface area contributed by atoms with E-state index < -0.39 is 0 Å². The van der Waals surface area contributed by atoms with Crippen LogP contribution < -0.4 is 4.74 Å². The molecule has 16 heavy (non-hydrogen) atoms. The fraction of sp³-hybridized carbons (Fsp3) is 0.0833. The fourth-order valence-corrected chi connectivity index (χ4v) is 1.55. The van der Waals surface area contributed by atoms with Crippen molar-refractivity contribution in [3.63, 3.8) is 0 Å². The molecule has 1 aromatic carbocycles. The normalized spacial score (nSPS) is 10.1. The summed E-state index contributed by atoms with van der Waals surface area (Å²) in [5, 5.41) is 0. The maximum absolute atomic E-state index is 11.5. The SMILES string of the molecule is O=C(COc1ccc(I)cc1)c1ccco1. The molecule has 0 bridgehead atoms. The minimum atomic E-state index is -0.163. The number of ketones is 1. The lowest BCUT2D eigenvalue weighted by Crippen LogP contribution is -2.10. The molecule has 0 saturated carbocycles. The second-order valence-electron chi connectivity index (χ2n) is 3.14. The van der Waals surface area contributed by atoms with E-state index in [9.17, 15) is 4.79 Å². The van der Waals surface area contributed by atoms with E-state index in [4.69, 9.17) is 9.15 Å². The third-order valence-electron chi connectivity index (χ3n) is 1.98. The van der Waals surface area contributed by atoms with Gasteiger partial charge in [-0.05, 0) is 59.0 Å². The van der Waals surface area contributed by atoms with E-state index in [1.807, 2.05) is 24.3 Å². The molecule has 4 heteroatoms. The fourth-order valence-electron chi connectivity index (χ4n) is 1.19. The van der Waals surface area contributed by atoms with Gasteiger partial charge in [-0.1, -0.05) is 0 Å². The summed E-state index contributed by atoms with van der Waals surface area (Å²) in [5.74, 6) is 0.842. The monoisotopic (exact) mass is 328 g/mol. The minimum absolute atomic E-state index is 0.00585. The Morgan fingerprint density at radius 1 is 1.25 bits per heavy atom. The summed E-state index contributed by atoms with van der Waals surface area (Å²) >= 11 is 2.21. The Bertz CT molecular complexity index is 460. The zero-order chi connectivity index (χ0) is 11.4. The molecule has 3 nitrogen and oxygen atoms in total. The van der Waals surface area contributed by atoms with Crippen molar-refractivity contribution in [3.8, 4) is 5.75 Å². The number of hydrogen-bond acceptors (Lipinski definition) is 3. The molecule has 1 heterocycles. The van der Waals surface area contributed by atoms with Crippen LogP contribution in [0.25, 0.3) is 0 Å². The van der Waals surface area contributed by atoms with Gasteiger partial charge >= 0.3 is 0 Å². The van der Waals surface area contributed by atoms with Crippen molar-refractivity contribution in [2.75, 3.05) is 6.61 Å². The van der Waals surface area contributed by atoms with Crippen molar-refractivity contribution in [2.45, 2.75) is 0 Å². The van der Waals surface area contributed by atoms with Crippen molar-refractivity contribution in [1.82, 2.24) is 0 Å².